The van der Waals surface area contributed by atoms with E-state index in [-0.39, 0.29) is 11.9 Å². The lowest BCUT2D eigenvalue weighted by molar-refractivity contribution is 0.0939. The Kier molecular flexibility index (Phi) is 4.60. The molecule has 3 aromatic heterocycles. The molecule has 0 radical (unpaired) electrons. The summed E-state index contributed by atoms with van der Waals surface area (Å²) >= 11 is 0. The van der Waals surface area contributed by atoms with Gasteiger partial charge in [0.2, 0.25) is 0 Å². The van der Waals surface area contributed by atoms with Gasteiger partial charge in [-0.15, -0.1) is 0 Å². The van der Waals surface area contributed by atoms with Crippen LogP contribution in [-0.2, 0) is 6.42 Å². The van der Waals surface area contributed by atoms with Gasteiger partial charge >= 0.3 is 0 Å². The summed E-state index contributed by atoms with van der Waals surface area (Å²) < 4.78 is 1.66. The Bertz CT molecular complexity index is 816. The molecule has 0 aliphatic carbocycles. The second-order valence-corrected chi connectivity index (χ2v) is 5.52. The van der Waals surface area contributed by atoms with Gasteiger partial charge in [-0.25, -0.2) is 9.67 Å². The van der Waals surface area contributed by atoms with E-state index >= 15 is 0 Å². The van der Waals surface area contributed by atoms with Crippen molar-refractivity contribution >= 4 is 5.91 Å². The smallest absolute Gasteiger partial charge is 0.254 e. The molecule has 122 valence electrons. The summed E-state index contributed by atoms with van der Waals surface area (Å²) in [6.07, 6.45) is 8.85. The predicted octanol–water partition coefficient (Wildman–Crippen LogP) is 1.73. The standard InChI is InChI=1S/C17H18N6O/c1-12(9-14-10-18-7-8-19-14)22-17(24)15-11-21-23(13(15)2)16-5-3-4-6-20-16/h3-8,10-12H,9H2,1-2H3,(H,22,24)/t12-/m0/s1. The van der Waals surface area contributed by atoms with Gasteiger partial charge in [-0.1, -0.05) is 6.07 Å². The highest BCUT2D eigenvalue weighted by Gasteiger charge is 2.17. The maximum atomic E-state index is 12.5. The van der Waals surface area contributed by atoms with Crippen molar-refractivity contribution in [3.8, 4) is 5.82 Å². The van der Waals surface area contributed by atoms with Crippen LogP contribution in [0, 0.1) is 6.92 Å². The molecule has 7 nitrogen and oxygen atoms in total. The first-order chi connectivity index (χ1) is 11.6. The van der Waals surface area contributed by atoms with Crippen LogP contribution in [0.3, 0.4) is 0 Å². The minimum atomic E-state index is -0.161. The number of rotatable bonds is 5. The van der Waals surface area contributed by atoms with Crippen molar-refractivity contribution in [3.05, 3.63) is 66.1 Å². The summed E-state index contributed by atoms with van der Waals surface area (Å²) in [7, 11) is 0. The number of pyridine rings is 1. The number of aromatic nitrogens is 5. The Hall–Kier alpha value is -3.09. The Labute approximate surface area is 139 Å². The summed E-state index contributed by atoms with van der Waals surface area (Å²) in [5.41, 5.74) is 2.12. The largest absolute Gasteiger partial charge is 0.349 e. The molecule has 1 amide bonds. The van der Waals surface area contributed by atoms with Crippen molar-refractivity contribution in [1.82, 2.24) is 30.0 Å². The molecule has 0 unspecified atom stereocenters. The fourth-order valence-electron chi connectivity index (χ4n) is 2.44. The number of hydrogen-bond donors (Lipinski definition) is 1. The molecule has 3 heterocycles. The predicted molar refractivity (Wildman–Crippen MR) is 88.8 cm³/mol. The first kappa shape index (κ1) is 15.8. The third-order valence-corrected chi connectivity index (χ3v) is 3.63. The first-order valence-electron chi connectivity index (χ1n) is 7.67. The molecular formula is C17H18N6O. The highest BCUT2D eigenvalue weighted by atomic mass is 16.1. The fraction of sp³-hybridized carbons (Fsp3) is 0.235. The average Bonchev–Trinajstić information content (AvgIpc) is 2.98. The van der Waals surface area contributed by atoms with Gasteiger partial charge in [-0.3, -0.25) is 14.8 Å². The SMILES string of the molecule is Cc1c(C(=O)N[C@@H](C)Cc2cnccn2)cnn1-c1ccccn1. The molecule has 7 heteroatoms. The van der Waals surface area contributed by atoms with E-state index in [1.807, 2.05) is 32.0 Å². The van der Waals surface area contributed by atoms with E-state index in [0.29, 0.717) is 17.8 Å². The molecule has 0 bridgehead atoms. The van der Waals surface area contributed by atoms with Crippen molar-refractivity contribution in [2.45, 2.75) is 26.3 Å². The lowest BCUT2D eigenvalue weighted by Gasteiger charge is -2.13. The van der Waals surface area contributed by atoms with Crippen LogP contribution in [0.4, 0.5) is 0 Å². The zero-order valence-corrected chi connectivity index (χ0v) is 13.5. The normalized spacial score (nSPS) is 11.9. The van der Waals surface area contributed by atoms with Gasteiger partial charge in [-0.2, -0.15) is 5.10 Å². The van der Waals surface area contributed by atoms with Gasteiger partial charge in [0.15, 0.2) is 5.82 Å². The molecule has 24 heavy (non-hydrogen) atoms. The minimum absolute atomic E-state index is 0.0631. The lowest BCUT2D eigenvalue weighted by atomic mass is 10.1. The van der Waals surface area contributed by atoms with Crippen LogP contribution in [0.25, 0.3) is 5.82 Å². The highest BCUT2D eigenvalue weighted by Crippen LogP contribution is 2.12. The molecule has 1 N–H and O–H groups in total. The van der Waals surface area contributed by atoms with Crippen molar-refractivity contribution in [2.75, 3.05) is 0 Å². The molecule has 3 aromatic rings. The molecule has 0 spiro atoms. The van der Waals surface area contributed by atoms with Gasteiger partial charge in [0.1, 0.15) is 0 Å². The van der Waals surface area contributed by atoms with Crippen LogP contribution in [0.2, 0.25) is 0 Å². The van der Waals surface area contributed by atoms with Crippen LogP contribution in [0.1, 0.15) is 28.7 Å². The van der Waals surface area contributed by atoms with Gasteiger partial charge in [0, 0.05) is 37.3 Å². The summed E-state index contributed by atoms with van der Waals surface area (Å²) in [6.45, 7) is 3.79. The zero-order valence-electron chi connectivity index (χ0n) is 13.5. The second kappa shape index (κ2) is 6.99. The molecule has 0 aliphatic rings. The summed E-state index contributed by atoms with van der Waals surface area (Å²) in [5, 5.41) is 7.24. The number of nitrogens with zero attached hydrogens (tertiary/aromatic N) is 5. The van der Waals surface area contributed by atoms with E-state index < -0.39 is 0 Å². The topological polar surface area (TPSA) is 85.6 Å². The van der Waals surface area contributed by atoms with E-state index in [2.05, 4.69) is 25.4 Å². The Morgan fingerprint density at radius 3 is 2.79 bits per heavy atom. The van der Waals surface area contributed by atoms with Gasteiger partial charge in [-0.05, 0) is 26.0 Å². The van der Waals surface area contributed by atoms with Crippen LogP contribution in [0.5, 0.6) is 0 Å². The van der Waals surface area contributed by atoms with E-state index in [1.54, 1.807) is 35.7 Å². The molecule has 0 saturated carbocycles. The first-order valence-corrected chi connectivity index (χ1v) is 7.67. The third kappa shape index (κ3) is 3.45. The van der Waals surface area contributed by atoms with Crippen LogP contribution >= 0.6 is 0 Å². The maximum absolute atomic E-state index is 12.5. The number of carbonyl (C=O) groups excluding carboxylic acids is 1. The van der Waals surface area contributed by atoms with E-state index in [4.69, 9.17) is 0 Å². The summed E-state index contributed by atoms with van der Waals surface area (Å²) in [5.74, 6) is 0.521. The molecule has 0 saturated heterocycles. The highest BCUT2D eigenvalue weighted by molar-refractivity contribution is 5.95. The van der Waals surface area contributed by atoms with Crippen molar-refractivity contribution in [3.63, 3.8) is 0 Å². The third-order valence-electron chi connectivity index (χ3n) is 3.63. The van der Waals surface area contributed by atoms with Crippen LogP contribution < -0.4 is 5.32 Å². The number of amides is 1. The van der Waals surface area contributed by atoms with Crippen molar-refractivity contribution in [2.24, 2.45) is 0 Å². The van der Waals surface area contributed by atoms with Crippen molar-refractivity contribution < 1.29 is 4.79 Å². The Balaban J connectivity index is 1.71. The lowest BCUT2D eigenvalue weighted by Crippen LogP contribution is -2.34. The van der Waals surface area contributed by atoms with Crippen molar-refractivity contribution in [1.29, 1.82) is 0 Å². The summed E-state index contributed by atoms with van der Waals surface area (Å²) in [6, 6.07) is 5.50. The number of carbonyl (C=O) groups is 1. The maximum Gasteiger partial charge on any atom is 0.254 e. The summed E-state index contributed by atoms with van der Waals surface area (Å²) in [4.78, 5) is 25.0. The molecule has 0 aliphatic heterocycles. The average molecular weight is 322 g/mol. The Morgan fingerprint density at radius 1 is 1.21 bits per heavy atom. The molecule has 0 aromatic carbocycles. The van der Waals surface area contributed by atoms with Crippen LogP contribution in [0.15, 0.2) is 49.2 Å². The van der Waals surface area contributed by atoms with E-state index in [1.165, 1.54) is 0 Å². The Morgan fingerprint density at radius 2 is 2.08 bits per heavy atom. The monoisotopic (exact) mass is 322 g/mol. The van der Waals surface area contributed by atoms with Gasteiger partial charge < -0.3 is 5.32 Å². The molecular weight excluding hydrogens is 304 g/mol. The van der Waals surface area contributed by atoms with Gasteiger partial charge in [0.25, 0.3) is 5.91 Å². The van der Waals surface area contributed by atoms with Gasteiger partial charge in [0.05, 0.1) is 23.1 Å². The minimum Gasteiger partial charge on any atom is -0.349 e. The quantitative estimate of drug-likeness (QED) is 0.773. The fourth-order valence-corrected chi connectivity index (χ4v) is 2.44. The van der Waals surface area contributed by atoms with E-state index in [9.17, 15) is 4.79 Å². The van der Waals surface area contributed by atoms with E-state index in [0.717, 1.165) is 11.4 Å². The zero-order chi connectivity index (χ0) is 16.9. The molecule has 3 rings (SSSR count). The molecule has 0 fully saturated rings. The number of hydrogen-bond acceptors (Lipinski definition) is 5. The second-order valence-electron chi connectivity index (χ2n) is 5.52. The number of nitrogens with one attached hydrogen (secondary N) is 1. The molecule has 1 atom stereocenters. The van der Waals surface area contributed by atoms with Crippen LogP contribution in [-0.4, -0.2) is 36.7 Å².